The first-order valence-corrected chi connectivity index (χ1v) is 5.06. The molecule has 15 heavy (non-hydrogen) atoms. The Kier molecular flexibility index (Phi) is 4.10. The summed E-state index contributed by atoms with van der Waals surface area (Å²) < 4.78 is 0. The lowest BCUT2D eigenvalue weighted by atomic mass is 10.0. The van der Waals surface area contributed by atoms with Gasteiger partial charge in [-0.15, -0.1) is 0 Å². The Hall–Kier alpha value is -1.57. The smallest absolute Gasteiger partial charge is 0.0643 e. The van der Waals surface area contributed by atoms with E-state index in [1.54, 1.807) is 0 Å². The zero-order valence-electron chi connectivity index (χ0n) is 9.07. The molecule has 0 spiro atoms. The molecule has 1 rings (SSSR count). The molecule has 0 fully saturated rings. The van der Waals surface area contributed by atoms with Crippen molar-refractivity contribution in [1.29, 1.82) is 0 Å². The number of carbonyl (C=O) groups is 1. The van der Waals surface area contributed by atoms with Gasteiger partial charge in [-0.25, -0.2) is 0 Å². The van der Waals surface area contributed by atoms with Crippen LogP contribution in [0.5, 0.6) is 0 Å². The Morgan fingerprint density at radius 3 is 2.40 bits per heavy atom. The summed E-state index contributed by atoms with van der Waals surface area (Å²) in [6, 6.07) is 7.87. The largest absolute Gasteiger partial charge is 0.545 e. The zero-order chi connectivity index (χ0) is 11.3. The predicted octanol–water partition coefficient (Wildman–Crippen LogP) is 1.65. The summed E-state index contributed by atoms with van der Waals surface area (Å²) in [5.74, 6) is -0.532. The van der Waals surface area contributed by atoms with Gasteiger partial charge in [0, 0.05) is 0 Å². The topological polar surface area (TPSA) is 40.1 Å². The fourth-order valence-electron chi connectivity index (χ4n) is 1.40. The predicted molar refractivity (Wildman–Crippen MR) is 59.0 cm³/mol. The lowest BCUT2D eigenvalue weighted by Crippen LogP contribution is -2.18. The molecule has 80 valence electrons. The molecule has 0 atom stereocenters. The van der Waals surface area contributed by atoms with E-state index in [1.165, 1.54) is 11.6 Å². The number of carbonyl (C=O) groups excluding carboxylic acids is 1. The van der Waals surface area contributed by atoms with Crippen LogP contribution in [0.2, 0.25) is 0 Å². The highest BCUT2D eigenvalue weighted by molar-refractivity contribution is 5.83. The Labute approximate surface area is 90.3 Å². The van der Waals surface area contributed by atoms with Gasteiger partial charge in [0.15, 0.2) is 0 Å². The van der Waals surface area contributed by atoms with E-state index in [2.05, 4.69) is 13.8 Å². The molecule has 2 nitrogen and oxygen atoms in total. The summed E-state index contributed by atoms with van der Waals surface area (Å²) in [6.45, 7) is 4.34. The van der Waals surface area contributed by atoms with Gasteiger partial charge in [0.2, 0.25) is 0 Å². The minimum absolute atomic E-state index is 0.634. The second kappa shape index (κ2) is 5.35. The van der Waals surface area contributed by atoms with Gasteiger partial charge < -0.3 is 9.90 Å². The summed E-state index contributed by atoms with van der Waals surface area (Å²) in [6.07, 6.45) is 3.62. The maximum atomic E-state index is 10.2. The molecular formula is C13H15O2-. The standard InChI is InChI=1S/C13H16O2/c1-10(2)9-12-5-3-11(4-6-12)7-8-13(14)15/h3-8,10H,9H2,1-2H3,(H,14,15)/p-1/b8-7+. The van der Waals surface area contributed by atoms with Crippen LogP contribution in [-0.4, -0.2) is 5.97 Å². The fraction of sp³-hybridized carbons (Fsp3) is 0.308. The van der Waals surface area contributed by atoms with Gasteiger partial charge in [-0.3, -0.25) is 0 Å². The van der Waals surface area contributed by atoms with E-state index in [9.17, 15) is 9.90 Å². The maximum Gasteiger partial charge on any atom is 0.0643 e. The second-order valence-electron chi connectivity index (χ2n) is 3.99. The van der Waals surface area contributed by atoms with E-state index in [0.29, 0.717) is 5.92 Å². The van der Waals surface area contributed by atoms with Gasteiger partial charge >= 0.3 is 0 Å². The Morgan fingerprint density at radius 1 is 1.33 bits per heavy atom. The van der Waals surface area contributed by atoms with Crippen LogP contribution in [0.1, 0.15) is 25.0 Å². The Bertz CT molecular complexity index is 347. The summed E-state index contributed by atoms with van der Waals surface area (Å²) in [5, 5.41) is 10.2. The highest BCUT2D eigenvalue weighted by Crippen LogP contribution is 2.10. The van der Waals surface area contributed by atoms with Crippen LogP contribution in [0.15, 0.2) is 30.3 Å². The molecule has 1 aromatic carbocycles. The van der Waals surface area contributed by atoms with E-state index in [1.807, 2.05) is 24.3 Å². The molecule has 0 aliphatic heterocycles. The van der Waals surface area contributed by atoms with Crippen LogP contribution in [0.3, 0.4) is 0 Å². The summed E-state index contributed by atoms with van der Waals surface area (Å²) in [4.78, 5) is 10.2. The molecule has 0 aromatic heterocycles. The van der Waals surface area contributed by atoms with Crippen LogP contribution in [0, 0.1) is 5.92 Å². The van der Waals surface area contributed by atoms with Gasteiger partial charge in [-0.2, -0.15) is 0 Å². The van der Waals surface area contributed by atoms with Crippen molar-refractivity contribution >= 4 is 12.0 Å². The third-order valence-electron chi connectivity index (χ3n) is 2.04. The average molecular weight is 203 g/mol. The molecule has 1 aromatic rings. The maximum absolute atomic E-state index is 10.2. The third-order valence-corrected chi connectivity index (χ3v) is 2.04. The lowest BCUT2D eigenvalue weighted by molar-refractivity contribution is -0.297. The third kappa shape index (κ3) is 4.45. The molecular weight excluding hydrogens is 188 g/mol. The van der Waals surface area contributed by atoms with E-state index >= 15 is 0 Å². The van der Waals surface area contributed by atoms with Crippen molar-refractivity contribution < 1.29 is 9.90 Å². The number of hydrogen-bond donors (Lipinski definition) is 0. The van der Waals surface area contributed by atoms with Crippen LogP contribution in [0.25, 0.3) is 6.08 Å². The molecule has 0 radical (unpaired) electrons. The van der Waals surface area contributed by atoms with Crippen molar-refractivity contribution in [3.8, 4) is 0 Å². The number of carboxylic acid groups (broad SMARTS) is 1. The summed E-state index contributed by atoms with van der Waals surface area (Å²) in [7, 11) is 0. The second-order valence-corrected chi connectivity index (χ2v) is 3.99. The molecule has 0 saturated heterocycles. The average Bonchev–Trinajstić information content (AvgIpc) is 2.16. The van der Waals surface area contributed by atoms with Gasteiger partial charge in [0.05, 0.1) is 5.97 Å². The first kappa shape index (κ1) is 11.5. The summed E-state index contributed by atoms with van der Waals surface area (Å²) in [5.41, 5.74) is 2.15. The Balaban J connectivity index is 2.68. The number of benzene rings is 1. The van der Waals surface area contributed by atoms with Crippen molar-refractivity contribution in [3.63, 3.8) is 0 Å². The highest BCUT2D eigenvalue weighted by Gasteiger charge is 1.96. The molecule has 0 bridgehead atoms. The highest BCUT2D eigenvalue weighted by atomic mass is 16.4. The number of hydrogen-bond acceptors (Lipinski definition) is 2. The van der Waals surface area contributed by atoms with Crippen molar-refractivity contribution in [1.82, 2.24) is 0 Å². The molecule has 0 aliphatic carbocycles. The molecule has 0 unspecified atom stereocenters. The minimum atomic E-state index is -1.17. The SMILES string of the molecule is CC(C)Cc1ccc(/C=C/C(=O)[O-])cc1. The zero-order valence-corrected chi connectivity index (χ0v) is 9.07. The van der Waals surface area contributed by atoms with Crippen LogP contribution < -0.4 is 5.11 Å². The monoisotopic (exact) mass is 203 g/mol. The van der Waals surface area contributed by atoms with Gasteiger partial charge in [-0.05, 0) is 29.5 Å². The first-order valence-electron chi connectivity index (χ1n) is 5.06. The van der Waals surface area contributed by atoms with Gasteiger partial charge in [0.25, 0.3) is 0 Å². The van der Waals surface area contributed by atoms with Crippen molar-refractivity contribution in [2.45, 2.75) is 20.3 Å². The van der Waals surface area contributed by atoms with Crippen molar-refractivity contribution in [3.05, 3.63) is 41.5 Å². The molecule has 2 heteroatoms. The molecule has 0 N–H and O–H groups in total. The van der Waals surface area contributed by atoms with Crippen molar-refractivity contribution in [2.75, 3.05) is 0 Å². The van der Waals surface area contributed by atoms with E-state index in [4.69, 9.17) is 0 Å². The number of rotatable bonds is 4. The molecule has 0 amide bonds. The summed E-state index contributed by atoms with van der Waals surface area (Å²) >= 11 is 0. The van der Waals surface area contributed by atoms with Gasteiger partial charge in [0.1, 0.15) is 0 Å². The quantitative estimate of drug-likeness (QED) is 0.698. The lowest BCUT2D eigenvalue weighted by Gasteiger charge is -2.04. The van der Waals surface area contributed by atoms with E-state index in [0.717, 1.165) is 18.1 Å². The van der Waals surface area contributed by atoms with Crippen LogP contribution in [-0.2, 0) is 11.2 Å². The first-order chi connectivity index (χ1) is 7.08. The van der Waals surface area contributed by atoms with Gasteiger partial charge in [-0.1, -0.05) is 44.2 Å². The van der Waals surface area contributed by atoms with E-state index in [-0.39, 0.29) is 0 Å². The van der Waals surface area contributed by atoms with Crippen LogP contribution >= 0.6 is 0 Å². The molecule has 0 aliphatic rings. The minimum Gasteiger partial charge on any atom is -0.545 e. The Morgan fingerprint density at radius 2 is 1.93 bits per heavy atom. The number of carboxylic acids is 1. The molecule has 0 saturated carbocycles. The van der Waals surface area contributed by atoms with E-state index < -0.39 is 5.97 Å². The van der Waals surface area contributed by atoms with Crippen molar-refractivity contribution in [2.24, 2.45) is 5.92 Å². The normalized spacial score (nSPS) is 11.1. The fourth-order valence-corrected chi connectivity index (χ4v) is 1.40. The van der Waals surface area contributed by atoms with Crippen LogP contribution in [0.4, 0.5) is 0 Å². The number of aliphatic carboxylic acids is 1. The molecule has 0 heterocycles.